The van der Waals surface area contributed by atoms with Gasteiger partial charge in [0.2, 0.25) is 0 Å². The summed E-state index contributed by atoms with van der Waals surface area (Å²) in [5, 5.41) is 0. The number of amides is 1. The Balaban J connectivity index is 2.11. The zero-order chi connectivity index (χ0) is 15.2. The minimum atomic E-state index is -0.0591. The van der Waals surface area contributed by atoms with Crippen LogP contribution in [0.3, 0.4) is 0 Å². The smallest absolute Gasteiger partial charge is 0.266 e. The number of benzene rings is 1. The van der Waals surface area contributed by atoms with Crippen molar-refractivity contribution in [2.24, 2.45) is 0 Å². The molecule has 110 valence electrons. The van der Waals surface area contributed by atoms with Gasteiger partial charge in [0, 0.05) is 6.54 Å². The second kappa shape index (κ2) is 7.43. The van der Waals surface area contributed by atoms with Crippen LogP contribution in [-0.4, -0.2) is 28.3 Å². The van der Waals surface area contributed by atoms with E-state index in [-0.39, 0.29) is 5.91 Å². The van der Waals surface area contributed by atoms with Crippen LogP contribution in [-0.2, 0) is 4.79 Å². The van der Waals surface area contributed by atoms with Gasteiger partial charge >= 0.3 is 0 Å². The topological polar surface area (TPSA) is 29.5 Å². The number of hydrogen-bond acceptors (Lipinski definition) is 4. The molecule has 0 N–H and O–H groups in total. The first-order chi connectivity index (χ1) is 10.2. The predicted octanol–water partition coefficient (Wildman–Crippen LogP) is 3.86. The van der Waals surface area contributed by atoms with E-state index in [2.05, 4.69) is 13.5 Å². The minimum absolute atomic E-state index is 0.0591. The van der Waals surface area contributed by atoms with Crippen LogP contribution in [0.2, 0.25) is 0 Å². The third-order valence-electron chi connectivity index (χ3n) is 2.84. The van der Waals surface area contributed by atoms with Gasteiger partial charge in [0.25, 0.3) is 5.91 Å². The quantitative estimate of drug-likeness (QED) is 0.452. The van der Waals surface area contributed by atoms with Gasteiger partial charge in [-0.1, -0.05) is 49.1 Å². The summed E-state index contributed by atoms with van der Waals surface area (Å²) < 4.78 is 6.11. The molecule has 0 atom stereocenters. The highest BCUT2D eigenvalue weighted by Gasteiger charge is 2.30. The Kier molecular flexibility index (Phi) is 5.59. The van der Waals surface area contributed by atoms with Gasteiger partial charge < -0.3 is 4.74 Å². The number of thioether (sulfide) groups is 1. The van der Waals surface area contributed by atoms with Crippen molar-refractivity contribution in [2.75, 3.05) is 13.2 Å². The van der Waals surface area contributed by atoms with Crippen LogP contribution in [0.4, 0.5) is 0 Å². The van der Waals surface area contributed by atoms with E-state index in [1.54, 1.807) is 11.0 Å². The maximum Gasteiger partial charge on any atom is 0.266 e. The Bertz CT molecular complexity index is 578. The van der Waals surface area contributed by atoms with Crippen molar-refractivity contribution in [3.8, 4) is 5.75 Å². The first-order valence-electron chi connectivity index (χ1n) is 6.75. The van der Waals surface area contributed by atoms with Crippen LogP contribution < -0.4 is 4.74 Å². The van der Waals surface area contributed by atoms with E-state index in [4.69, 9.17) is 17.0 Å². The van der Waals surface area contributed by atoms with Crippen molar-refractivity contribution >= 4 is 40.3 Å². The van der Waals surface area contributed by atoms with E-state index in [1.807, 2.05) is 30.3 Å². The van der Waals surface area contributed by atoms with Crippen LogP contribution in [0.5, 0.6) is 5.75 Å². The Hall–Kier alpha value is -1.59. The Labute approximate surface area is 134 Å². The highest BCUT2D eigenvalue weighted by Crippen LogP contribution is 2.32. The number of carbonyl (C=O) groups excluding carboxylic acids is 1. The van der Waals surface area contributed by atoms with E-state index in [0.717, 1.165) is 17.7 Å². The van der Waals surface area contributed by atoms with Crippen molar-refractivity contribution < 1.29 is 9.53 Å². The molecule has 1 saturated heterocycles. The summed E-state index contributed by atoms with van der Waals surface area (Å²) in [5.74, 6) is 0.782. The SMILES string of the molecule is C=CCN1C(=O)C(=Cc2ccc(OCCC)cc2)SC1=S. The first-order valence-corrected chi connectivity index (χ1v) is 7.97. The fraction of sp³-hybridized carbons (Fsp3) is 0.250. The molecule has 0 aliphatic carbocycles. The molecule has 2 rings (SSSR count). The largest absolute Gasteiger partial charge is 0.494 e. The Morgan fingerprint density at radius 2 is 2.10 bits per heavy atom. The van der Waals surface area contributed by atoms with Crippen molar-refractivity contribution in [3.05, 3.63) is 47.4 Å². The van der Waals surface area contributed by atoms with Crippen molar-refractivity contribution in [1.29, 1.82) is 0 Å². The molecule has 5 heteroatoms. The lowest BCUT2D eigenvalue weighted by atomic mass is 10.2. The predicted molar refractivity (Wildman–Crippen MR) is 92.3 cm³/mol. The highest BCUT2D eigenvalue weighted by molar-refractivity contribution is 8.26. The van der Waals surface area contributed by atoms with Gasteiger partial charge in [0.1, 0.15) is 10.1 Å². The van der Waals surface area contributed by atoms with Gasteiger partial charge in [-0.25, -0.2) is 0 Å². The molecule has 0 unspecified atom stereocenters. The van der Waals surface area contributed by atoms with Gasteiger partial charge in [-0.15, -0.1) is 6.58 Å². The van der Waals surface area contributed by atoms with E-state index in [0.29, 0.717) is 22.4 Å². The van der Waals surface area contributed by atoms with Crippen LogP contribution in [0.25, 0.3) is 6.08 Å². The van der Waals surface area contributed by atoms with Gasteiger partial charge in [-0.2, -0.15) is 0 Å². The molecule has 1 heterocycles. The number of rotatable bonds is 6. The van der Waals surface area contributed by atoms with Gasteiger partial charge in [-0.05, 0) is 30.2 Å². The standard InChI is InChI=1S/C16H17NO2S2/c1-3-9-17-15(18)14(21-16(17)20)11-12-5-7-13(8-6-12)19-10-4-2/h3,5-8,11H,1,4,9-10H2,2H3. The second-order valence-corrected chi connectivity index (χ2v) is 6.17. The number of ether oxygens (including phenoxy) is 1. The van der Waals surface area contributed by atoms with Crippen molar-refractivity contribution in [3.63, 3.8) is 0 Å². The molecule has 1 aliphatic rings. The lowest BCUT2D eigenvalue weighted by Gasteiger charge is -2.10. The summed E-state index contributed by atoms with van der Waals surface area (Å²) >= 11 is 6.53. The monoisotopic (exact) mass is 319 g/mol. The number of thiocarbonyl (C=S) groups is 1. The molecule has 1 aromatic carbocycles. The van der Waals surface area contributed by atoms with E-state index >= 15 is 0 Å². The van der Waals surface area contributed by atoms with Crippen LogP contribution in [0.15, 0.2) is 41.8 Å². The van der Waals surface area contributed by atoms with Crippen LogP contribution >= 0.6 is 24.0 Å². The van der Waals surface area contributed by atoms with Gasteiger partial charge in [-0.3, -0.25) is 9.69 Å². The first kappa shape index (κ1) is 15.8. The van der Waals surface area contributed by atoms with Gasteiger partial charge in [0.15, 0.2) is 0 Å². The maximum atomic E-state index is 12.2. The maximum absolute atomic E-state index is 12.2. The summed E-state index contributed by atoms with van der Waals surface area (Å²) in [7, 11) is 0. The molecule has 1 fully saturated rings. The molecule has 0 aromatic heterocycles. The molecule has 1 amide bonds. The third kappa shape index (κ3) is 3.95. The minimum Gasteiger partial charge on any atom is -0.494 e. The molecular formula is C16H17NO2S2. The Morgan fingerprint density at radius 3 is 2.71 bits per heavy atom. The molecule has 21 heavy (non-hydrogen) atoms. The summed E-state index contributed by atoms with van der Waals surface area (Å²) in [6, 6.07) is 7.69. The van der Waals surface area contributed by atoms with E-state index in [9.17, 15) is 4.79 Å². The van der Waals surface area contributed by atoms with Crippen molar-refractivity contribution in [1.82, 2.24) is 4.90 Å². The summed E-state index contributed by atoms with van der Waals surface area (Å²) in [5.41, 5.74) is 0.956. The van der Waals surface area contributed by atoms with Crippen LogP contribution in [0.1, 0.15) is 18.9 Å². The van der Waals surface area contributed by atoms with Gasteiger partial charge in [0.05, 0.1) is 11.5 Å². The molecule has 1 aromatic rings. The highest BCUT2D eigenvalue weighted by atomic mass is 32.2. The molecule has 0 radical (unpaired) electrons. The lowest BCUT2D eigenvalue weighted by Crippen LogP contribution is -2.27. The molecule has 1 aliphatic heterocycles. The summed E-state index contributed by atoms with van der Waals surface area (Å²) in [6.07, 6.45) is 4.51. The summed E-state index contributed by atoms with van der Waals surface area (Å²) in [4.78, 5) is 14.4. The molecule has 0 bridgehead atoms. The molecule has 3 nitrogen and oxygen atoms in total. The second-order valence-electron chi connectivity index (χ2n) is 4.50. The average Bonchev–Trinajstić information content (AvgIpc) is 2.75. The Morgan fingerprint density at radius 1 is 1.38 bits per heavy atom. The molecular weight excluding hydrogens is 302 g/mol. The lowest BCUT2D eigenvalue weighted by molar-refractivity contribution is -0.121. The number of nitrogens with zero attached hydrogens (tertiary/aromatic N) is 1. The number of carbonyl (C=O) groups is 1. The molecule has 0 saturated carbocycles. The third-order valence-corrected chi connectivity index (χ3v) is 4.21. The zero-order valence-electron chi connectivity index (χ0n) is 11.9. The van der Waals surface area contributed by atoms with E-state index in [1.165, 1.54) is 11.8 Å². The fourth-order valence-corrected chi connectivity index (χ4v) is 3.09. The fourth-order valence-electron chi connectivity index (χ4n) is 1.82. The van der Waals surface area contributed by atoms with Crippen molar-refractivity contribution in [2.45, 2.75) is 13.3 Å². The van der Waals surface area contributed by atoms with Crippen LogP contribution in [0, 0.1) is 0 Å². The van der Waals surface area contributed by atoms with E-state index < -0.39 is 0 Å². The zero-order valence-corrected chi connectivity index (χ0v) is 13.5. The molecule has 0 spiro atoms. The number of hydrogen-bond donors (Lipinski definition) is 0. The summed E-state index contributed by atoms with van der Waals surface area (Å²) in [6.45, 7) is 6.87. The normalized spacial score (nSPS) is 16.6. The average molecular weight is 319 g/mol.